The van der Waals surface area contributed by atoms with Gasteiger partial charge in [-0.3, -0.25) is 9.69 Å². The minimum absolute atomic E-state index is 0.288. The summed E-state index contributed by atoms with van der Waals surface area (Å²) in [5.74, 6) is 0.288. The van der Waals surface area contributed by atoms with Crippen molar-refractivity contribution in [2.45, 2.75) is 45.7 Å². The third kappa shape index (κ3) is 4.95. The molecule has 0 spiro atoms. The highest BCUT2D eigenvalue weighted by atomic mass is 16.2. The van der Waals surface area contributed by atoms with Crippen LogP contribution in [0.1, 0.15) is 37.0 Å². The van der Waals surface area contributed by atoms with Gasteiger partial charge in [0.15, 0.2) is 0 Å². The maximum atomic E-state index is 12.6. The minimum Gasteiger partial charge on any atom is -0.340 e. The molecule has 0 N–H and O–H groups in total. The average molecular weight is 351 g/mol. The fraction of sp³-hybridized carbons (Fsp3) is 0.435. The molecule has 1 amide bonds. The predicted octanol–water partition coefficient (Wildman–Crippen LogP) is 3.91. The number of carbonyl (C=O) groups excluding carboxylic acids is 1. The van der Waals surface area contributed by atoms with Crippen LogP contribution >= 0.6 is 0 Å². The van der Waals surface area contributed by atoms with Gasteiger partial charge in [0.05, 0.1) is 0 Å². The van der Waals surface area contributed by atoms with Gasteiger partial charge in [0, 0.05) is 38.6 Å². The highest BCUT2D eigenvalue weighted by Gasteiger charge is 2.26. The van der Waals surface area contributed by atoms with Gasteiger partial charge in [0.25, 0.3) is 0 Å². The number of hydrogen-bond donors (Lipinski definition) is 0. The molecule has 1 aliphatic heterocycles. The van der Waals surface area contributed by atoms with E-state index in [-0.39, 0.29) is 5.91 Å². The molecule has 0 saturated carbocycles. The van der Waals surface area contributed by atoms with Gasteiger partial charge in [0.1, 0.15) is 0 Å². The number of amides is 1. The van der Waals surface area contributed by atoms with Crippen LogP contribution in [0.3, 0.4) is 0 Å². The molecule has 1 fully saturated rings. The SMILES string of the molecule is CCc1ccc(CCC(=O)N2CCN(Cc3ccccc3)C(C)C2)cc1. The summed E-state index contributed by atoms with van der Waals surface area (Å²) < 4.78 is 0. The van der Waals surface area contributed by atoms with Crippen molar-refractivity contribution in [1.29, 1.82) is 0 Å². The molecule has 1 heterocycles. The zero-order chi connectivity index (χ0) is 18.4. The molecule has 2 aromatic carbocycles. The van der Waals surface area contributed by atoms with E-state index in [0.717, 1.165) is 39.0 Å². The smallest absolute Gasteiger partial charge is 0.222 e. The molecule has 1 unspecified atom stereocenters. The highest BCUT2D eigenvalue weighted by Crippen LogP contribution is 2.15. The topological polar surface area (TPSA) is 23.6 Å². The zero-order valence-electron chi connectivity index (χ0n) is 16.0. The van der Waals surface area contributed by atoms with Crippen molar-refractivity contribution < 1.29 is 4.79 Å². The maximum Gasteiger partial charge on any atom is 0.222 e. The highest BCUT2D eigenvalue weighted by molar-refractivity contribution is 5.76. The molecule has 1 saturated heterocycles. The monoisotopic (exact) mass is 350 g/mol. The molecule has 138 valence electrons. The van der Waals surface area contributed by atoms with E-state index in [9.17, 15) is 4.79 Å². The predicted molar refractivity (Wildman–Crippen MR) is 107 cm³/mol. The maximum absolute atomic E-state index is 12.6. The molecule has 3 rings (SSSR count). The van der Waals surface area contributed by atoms with Gasteiger partial charge in [-0.25, -0.2) is 0 Å². The molecule has 1 aliphatic rings. The Hall–Kier alpha value is -2.13. The number of carbonyl (C=O) groups is 1. The second-order valence-corrected chi connectivity index (χ2v) is 7.31. The third-order valence-electron chi connectivity index (χ3n) is 5.41. The van der Waals surface area contributed by atoms with E-state index in [0.29, 0.717) is 12.5 Å². The number of piperazine rings is 1. The second-order valence-electron chi connectivity index (χ2n) is 7.31. The molecule has 3 nitrogen and oxygen atoms in total. The Morgan fingerprint density at radius 1 is 0.962 bits per heavy atom. The van der Waals surface area contributed by atoms with Crippen molar-refractivity contribution in [3.8, 4) is 0 Å². The summed E-state index contributed by atoms with van der Waals surface area (Å²) in [7, 11) is 0. The Balaban J connectivity index is 1.47. The van der Waals surface area contributed by atoms with Crippen LogP contribution in [0.5, 0.6) is 0 Å². The van der Waals surface area contributed by atoms with Crippen LogP contribution in [0.25, 0.3) is 0 Å². The summed E-state index contributed by atoms with van der Waals surface area (Å²) in [6, 6.07) is 19.6. The van der Waals surface area contributed by atoms with Crippen molar-refractivity contribution in [2.24, 2.45) is 0 Å². The summed E-state index contributed by atoms with van der Waals surface area (Å²) in [6.45, 7) is 7.98. The number of nitrogens with zero attached hydrogens (tertiary/aromatic N) is 2. The molecule has 0 bridgehead atoms. The molecule has 1 atom stereocenters. The lowest BCUT2D eigenvalue weighted by atomic mass is 10.1. The van der Waals surface area contributed by atoms with E-state index < -0.39 is 0 Å². The van der Waals surface area contributed by atoms with Gasteiger partial charge in [0.2, 0.25) is 5.91 Å². The third-order valence-corrected chi connectivity index (χ3v) is 5.41. The lowest BCUT2D eigenvalue weighted by molar-refractivity contribution is -0.134. The summed E-state index contributed by atoms with van der Waals surface area (Å²) in [5, 5.41) is 0. The fourth-order valence-electron chi connectivity index (χ4n) is 3.63. The van der Waals surface area contributed by atoms with E-state index >= 15 is 0 Å². The first-order valence-electron chi connectivity index (χ1n) is 9.79. The van der Waals surface area contributed by atoms with Crippen molar-refractivity contribution >= 4 is 5.91 Å². The first kappa shape index (κ1) is 18.7. The van der Waals surface area contributed by atoms with Crippen LogP contribution in [0.4, 0.5) is 0 Å². The molecule has 2 aromatic rings. The minimum atomic E-state index is 0.288. The van der Waals surface area contributed by atoms with Gasteiger partial charge >= 0.3 is 0 Å². The van der Waals surface area contributed by atoms with E-state index in [1.165, 1.54) is 16.7 Å². The number of rotatable bonds is 6. The van der Waals surface area contributed by atoms with Crippen LogP contribution in [-0.4, -0.2) is 41.4 Å². The molecule has 0 aromatic heterocycles. The molecule has 3 heteroatoms. The number of benzene rings is 2. The van der Waals surface area contributed by atoms with Crippen molar-refractivity contribution in [3.05, 3.63) is 71.3 Å². The Bertz CT molecular complexity index is 696. The Kier molecular flexibility index (Phi) is 6.45. The van der Waals surface area contributed by atoms with E-state index in [4.69, 9.17) is 0 Å². The van der Waals surface area contributed by atoms with Crippen LogP contribution in [-0.2, 0) is 24.2 Å². The Morgan fingerprint density at radius 2 is 1.65 bits per heavy atom. The largest absolute Gasteiger partial charge is 0.340 e. The Labute approximate surface area is 157 Å². The van der Waals surface area contributed by atoms with Crippen LogP contribution < -0.4 is 0 Å². The number of hydrogen-bond acceptors (Lipinski definition) is 2. The molecule has 0 radical (unpaired) electrons. The van der Waals surface area contributed by atoms with Crippen LogP contribution in [0.2, 0.25) is 0 Å². The quantitative estimate of drug-likeness (QED) is 0.788. The van der Waals surface area contributed by atoms with Crippen molar-refractivity contribution in [3.63, 3.8) is 0 Å². The first-order chi connectivity index (χ1) is 12.7. The summed E-state index contributed by atoms with van der Waals surface area (Å²) >= 11 is 0. The number of aryl methyl sites for hydroxylation is 2. The molecular formula is C23H30N2O. The first-order valence-corrected chi connectivity index (χ1v) is 9.79. The molecular weight excluding hydrogens is 320 g/mol. The zero-order valence-corrected chi connectivity index (χ0v) is 16.0. The van der Waals surface area contributed by atoms with Gasteiger partial charge in [-0.05, 0) is 36.5 Å². The lowest BCUT2D eigenvalue weighted by Crippen LogP contribution is -2.53. The average Bonchev–Trinajstić information content (AvgIpc) is 2.69. The van der Waals surface area contributed by atoms with Crippen molar-refractivity contribution in [1.82, 2.24) is 9.80 Å². The fourth-order valence-corrected chi connectivity index (χ4v) is 3.63. The Morgan fingerprint density at radius 3 is 2.31 bits per heavy atom. The normalized spacial score (nSPS) is 18.1. The van der Waals surface area contributed by atoms with E-state index in [1.807, 2.05) is 4.90 Å². The van der Waals surface area contributed by atoms with E-state index in [1.54, 1.807) is 0 Å². The summed E-state index contributed by atoms with van der Waals surface area (Å²) in [4.78, 5) is 17.1. The standard InChI is InChI=1S/C23H30N2O/c1-3-20-9-11-21(12-10-20)13-14-23(26)25-16-15-24(19(2)17-25)18-22-7-5-4-6-8-22/h4-12,19H,3,13-18H2,1-2H3. The second kappa shape index (κ2) is 9.00. The van der Waals surface area contributed by atoms with Crippen LogP contribution in [0, 0.1) is 0 Å². The van der Waals surface area contributed by atoms with Gasteiger partial charge in [-0.15, -0.1) is 0 Å². The molecule has 0 aliphatic carbocycles. The van der Waals surface area contributed by atoms with Crippen molar-refractivity contribution in [2.75, 3.05) is 19.6 Å². The summed E-state index contributed by atoms with van der Waals surface area (Å²) in [5.41, 5.74) is 3.95. The summed E-state index contributed by atoms with van der Waals surface area (Å²) in [6.07, 6.45) is 2.50. The lowest BCUT2D eigenvalue weighted by Gasteiger charge is -2.40. The van der Waals surface area contributed by atoms with E-state index in [2.05, 4.69) is 73.3 Å². The van der Waals surface area contributed by atoms with Gasteiger partial charge in [-0.2, -0.15) is 0 Å². The van der Waals surface area contributed by atoms with Crippen LogP contribution in [0.15, 0.2) is 54.6 Å². The van der Waals surface area contributed by atoms with Gasteiger partial charge in [-0.1, -0.05) is 61.5 Å². The van der Waals surface area contributed by atoms with Gasteiger partial charge < -0.3 is 4.90 Å². The molecule has 26 heavy (non-hydrogen) atoms.